The standard InChI is InChI=1S/C24H20BrFN2O3.ClH/c1-29-18-5-3-4-15(10-18)24-27-13-22(28-24)20-9-8-19(12-23(20)30-2)31-14-16-6-7-17(25)11-21(16)26;/h3-13H,14H2,1-2H3,(H,27,28);1H. The zero-order chi connectivity index (χ0) is 21.8. The van der Waals surface area contributed by atoms with Gasteiger partial charge >= 0.3 is 0 Å². The van der Waals surface area contributed by atoms with Crippen LogP contribution >= 0.6 is 28.3 Å². The van der Waals surface area contributed by atoms with Crippen LogP contribution in [0.5, 0.6) is 17.2 Å². The van der Waals surface area contributed by atoms with Gasteiger partial charge in [0.25, 0.3) is 0 Å². The van der Waals surface area contributed by atoms with E-state index in [1.165, 1.54) is 6.07 Å². The lowest BCUT2D eigenvalue weighted by Gasteiger charge is -2.11. The smallest absolute Gasteiger partial charge is 0.137 e. The Morgan fingerprint density at radius 3 is 2.56 bits per heavy atom. The Bertz CT molecular complexity index is 1220. The molecule has 0 fully saturated rings. The van der Waals surface area contributed by atoms with E-state index < -0.39 is 0 Å². The molecule has 8 heteroatoms. The van der Waals surface area contributed by atoms with E-state index >= 15 is 0 Å². The largest absolute Gasteiger partial charge is 0.497 e. The van der Waals surface area contributed by atoms with Crippen LogP contribution in [0.1, 0.15) is 5.56 Å². The maximum Gasteiger partial charge on any atom is 0.137 e. The third-order valence-corrected chi connectivity index (χ3v) is 5.28. The van der Waals surface area contributed by atoms with Gasteiger partial charge in [-0.3, -0.25) is 0 Å². The van der Waals surface area contributed by atoms with Crippen LogP contribution in [-0.4, -0.2) is 24.2 Å². The van der Waals surface area contributed by atoms with E-state index in [0.717, 1.165) is 28.4 Å². The van der Waals surface area contributed by atoms with E-state index in [2.05, 4.69) is 25.9 Å². The number of imidazole rings is 1. The molecule has 0 unspecified atom stereocenters. The Kier molecular flexibility index (Phi) is 7.77. The van der Waals surface area contributed by atoms with Crippen LogP contribution in [0.3, 0.4) is 0 Å². The molecule has 0 spiro atoms. The van der Waals surface area contributed by atoms with E-state index in [1.807, 2.05) is 36.4 Å². The summed E-state index contributed by atoms with van der Waals surface area (Å²) < 4.78 is 31.3. The number of nitrogens with one attached hydrogen (secondary N) is 1. The highest BCUT2D eigenvalue weighted by molar-refractivity contribution is 9.10. The normalized spacial score (nSPS) is 10.4. The Morgan fingerprint density at radius 1 is 0.969 bits per heavy atom. The van der Waals surface area contributed by atoms with Gasteiger partial charge < -0.3 is 19.2 Å². The van der Waals surface area contributed by atoms with Gasteiger partial charge in [-0.15, -0.1) is 12.4 Å². The van der Waals surface area contributed by atoms with Crippen molar-refractivity contribution in [1.82, 2.24) is 9.97 Å². The van der Waals surface area contributed by atoms with Crippen molar-refractivity contribution in [3.63, 3.8) is 0 Å². The number of halogens is 3. The second kappa shape index (κ2) is 10.5. The van der Waals surface area contributed by atoms with Gasteiger partial charge in [0.15, 0.2) is 0 Å². The van der Waals surface area contributed by atoms with Gasteiger partial charge in [-0.25, -0.2) is 9.37 Å². The van der Waals surface area contributed by atoms with Crippen LogP contribution in [0.2, 0.25) is 0 Å². The first-order valence-electron chi connectivity index (χ1n) is 9.52. The lowest BCUT2D eigenvalue weighted by molar-refractivity contribution is 0.297. The minimum atomic E-state index is -0.319. The fourth-order valence-corrected chi connectivity index (χ4v) is 3.49. The molecule has 0 atom stereocenters. The van der Waals surface area contributed by atoms with Crippen molar-refractivity contribution in [3.8, 4) is 39.9 Å². The number of nitrogens with zero attached hydrogens (tertiary/aromatic N) is 1. The van der Waals surface area contributed by atoms with Gasteiger partial charge in [0.1, 0.15) is 35.5 Å². The van der Waals surface area contributed by atoms with Gasteiger partial charge in [0.2, 0.25) is 0 Å². The predicted molar refractivity (Wildman–Crippen MR) is 128 cm³/mol. The summed E-state index contributed by atoms with van der Waals surface area (Å²) in [6, 6.07) is 18.0. The molecule has 0 aliphatic rings. The van der Waals surface area contributed by atoms with E-state index in [0.29, 0.717) is 21.5 Å². The lowest BCUT2D eigenvalue weighted by atomic mass is 10.1. The fraction of sp³-hybridized carbons (Fsp3) is 0.125. The summed E-state index contributed by atoms with van der Waals surface area (Å²) in [5, 5.41) is 0. The number of hydrogen-bond acceptors (Lipinski definition) is 4. The van der Waals surface area contributed by atoms with Crippen molar-refractivity contribution in [2.24, 2.45) is 0 Å². The summed E-state index contributed by atoms with van der Waals surface area (Å²) in [6.45, 7) is 0.117. The minimum absolute atomic E-state index is 0. The van der Waals surface area contributed by atoms with Crippen LogP contribution in [-0.2, 0) is 6.61 Å². The van der Waals surface area contributed by atoms with Crippen molar-refractivity contribution in [2.75, 3.05) is 14.2 Å². The molecule has 1 aromatic heterocycles. The van der Waals surface area contributed by atoms with Crippen LogP contribution in [0, 0.1) is 5.82 Å². The third-order valence-electron chi connectivity index (χ3n) is 4.79. The van der Waals surface area contributed by atoms with Crippen molar-refractivity contribution in [3.05, 3.63) is 82.7 Å². The molecule has 0 bridgehead atoms. The van der Waals surface area contributed by atoms with Gasteiger partial charge in [0, 0.05) is 27.2 Å². The Labute approximate surface area is 200 Å². The van der Waals surface area contributed by atoms with Crippen molar-refractivity contribution >= 4 is 28.3 Å². The number of ether oxygens (including phenoxy) is 3. The number of H-pyrrole nitrogens is 1. The molecule has 0 aliphatic carbocycles. The summed E-state index contributed by atoms with van der Waals surface area (Å²) in [4.78, 5) is 7.81. The molecule has 0 saturated carbocycles. The summed E-state index contributed by atoms with van der Waals surface area (Å²) in [5.74, 6) is 2.37. The van der Waals surface area contributed by atoms with Crippen LogP contribution in [0.4, 0.5) is 4.39 Å². The van der Waals surface area contributed by atoms with Crippen molar-refractivity contribution in [1.29, 1.82) is 0 Å². The fourth-order valence-electron chi connectivity index (χ4n) is 3.16. The zero-order valence-electron chi connectivity index (χ0n) is 17.4. The number of rotatable bonds is 7. The molecule has 166 valence electrons. The molecule has 0 amide bonds. The topological polar surface area (TPSA) is 56.4 Å². The van der Waals surface area contributed by atoms with Crippen LogP contribution in [0.25, 0.3) is 22.6 Å². The van der Waals surface area contributed by atoms with E-state index in [4.69, 9.17) is 14.2 Å². The molecule has 3 aromatic carbocycles. The summed E-state index contributed by atoms with van der Waals surface area (Å²) >= 11 is 3.25. The number of methoxy groups -OCH3 is 2. The van der Waals surface area contributed by atoms with Crippen molar-refractivity contribution < 1.29 is 18.6 Å². The zero-order valence-corrected chi connectivity index (χ0v) is 19.8. The molecule has 4 aromatic rings. The van der Waals surface area contributed by atoms with E-state index in [-0.39, 0.29) is 24.8 Å². The number of aromatic amines is 1. The average Bonchev–Trinajstić information content (AvgIpc) is 3.28. The molecular formula is C24H21BrClFN2O3. The second-order valence-corrected chi connectivity index (χ2v) is 7.68. The number of benzene rings is 3. The molecule has 0 aliphatic heterocycles. The molecule has 0 saturated heterocycles. The Morgan fingerprint density at radius 2 is 1.81 bits per heavy atom. The molecule has 32 heavy (non-hydrogen) atoms. The molecular weight excluding hydrogens is 499 g/mol. The highest BCUT2D eigenvalue weighted by Crippen LogP contribution is 2.34. The molecule has 0 radical (unpaired) electrons. The van der Waals surface area contributed by atoms with Gasteiger partial charge in [-0.1, -0.05) is 34.1 Å². The van der Waals surface area contributed by atoms with Crippen molar-refractivity contribution in [2.45, 2.75) is 6.61 Å². The lowest BCUT2D eigenvalue weighted by Crippen LogP contribution is -1.99. The van der Waals surface area contributed by atoms with Gasteiger partial charge in [0.05, 0.1) is 26.1 Å². The summed E-state index contributed by atoms with van der Waals surface area (Å²) in [6.07, 6.45) is 1.75. The first-order valence-corrected chi connectivity index (χ1v) is 10.3. The van der Waals surface area contributed by atoms with E-state index in [9.17, 15) is 4.39 Å². The molecule has 1 heterocycles. The second-order valence-electron chi connectivity index (χ2n) is 6.76. The number of aromatic nitrogens is 2. The summed E-state index contributed by atoms with van der Waals surface area (Å²) in [7, 11) is 3.22. The molecule has 5 nitrogen and oxygen atoms in total. The Hall–Kier alpha value is -3.03. The van der Waals surface area contributed by atoms with Crippen LogP contribution in [0.15, 0.2) is 71.3 Å². The van der Waals surface area contributed by atoms with Gasteiger partial charge in [-0.05, 0) is 36.4 Å². The third kappa shape index (κ3) is 5.23. The van der Waals surface area contributed by atoms with Gasteiger partial charge in [-0.2, -0.15) is 0 Å². The highest BCUT2D eigenvalue weighted by atomic mass is 79.9. The number of hydrogen-bond donors (Lipinski definition) is 1. The van der Waals surface area contributed by atoms with Crippen LogP contribution < -0.4 is 14.2 Å². The first kappa shape index (κ1) is 23.6. The highest BCUT2D eigenvalue weighted by Gasteiger charge is 2.13. The summed E-state index contributed by atoms with van der Waals surface area (Å²) in [5.41, 5.74) is 3.04. The quantitative estimate of drug-likeness (QED) is 0.296. The molecule has 1 N–H and O–H groups in total. The maximum atomic E-state index is 14.0. The Balaban J connectivity index is 0.00000289. The van der Waals surface area contributed by atoms with E-state index in [1.54, 1.807) is 38.6 Å². The molecule has 4 rings (SSSR count). The predicted octanol–water partition coefficient (Wildman–Crippen LogP) is 6.66. The average molecular weight is 520 g/mol. The first-order chi connectivity index (χ1) is 15.1. The maximum absolute atomic E-state index is 14.0. The minimum Gasteiger partial charge on any atom is -0.497 e. The SMILES string of the molecule is COc1cccc(-c2ncc(-c3ccc(OCc4ccc(Br)cc4F)cc3OC)[nH]2)c1.Cl. The monoisotopic (exact) mass is 518 g/mol.